The first kappa shape index (κ1) is 48.5. The van der Waals surface area contributed by atoms with Gasteiger partial charge in [-0.15, -0.1) is 0 Å². The van der Waals surface area contributed by atoms with E-state index < -0.39 is 6.10 Å². The SMILES string of the molecule is OCC(O)CO.OCCCCCCO.OCCCCCO.OCCCCO.OCCCO.OCCO. The zero-order chi connectivity index (χ0) is 29.1. The van der Waals surface area contributed by atoms with Crippen molar-refractivity contribution in [2.75, 3.05) is 79.3 Å². The van der Waals surface area contributed by atoms with Gasteiger partial charge in [0.05, 0.1) is 26.4 Å². The molecule has 0 unspecified atom stereocenters. The highest BCUT2D eigenvalue weighted by Gasteiger charge is 1.93. The molecule has 36 heavy (non-hydrogen) atoms. The Labute approximate surface area is 216 Å². The van der Waals surface area contributed by atoms with Gasteiger partial charge in [0.1, 0.15) is 6.10 Å². The molecule has 0 aliphatic rings. The number of hydrogen-bond acceptors (Lipinski definition) is 13. The molecule has 0 rings (SSSR count). The summed E-state index contributed by atoms with van der Waals surface area (Å²) < 4.78 is 0. The molecule has 0 aliphatic carbocycles. The molecule has 13 nitrogen and oxygen atoms in total. The maximum atomic E-state index is 8.30. The Balaban J connectivity index is -0.0000000760. The van der Waals surface area contributed by atoms with Gasteiger partial charge < -0.3 is 66.4 Å². The van der Waals surface area contributed by atoms with E-state index in [4.69, 9.17) is 66.4 Å². The van der Waals surface area contributed by atoms with E-state index >= 15 is 0 Å². The Hall–Kier alpha value is -0.520. The van der Waals surface area contributed by atoms with E-state index in [1.54, 1.807) is 0 Å². The zero-order valence-electron chi connectivity index (χ0n) is 21.9. The van der Waals surface area contributed by atoms with Crippen molar-refractivity contribution >= 4 is 0 Å². The molecule has 13 N–H and O–H groups in total. The third-order valence-corrected chi connectivity index (χ3v) is 3.29. The molecule has 0 fully saturated rings. The van der Waals surface area contributed by atoms with Crippen LogP contribution in [-0.2, 0) is 0 Å². The Kier molecular flexibility index (Phi) is 87.0. The first-order chi connectivity index (χ1) is 17.4. The summed E-state index contributed by atoms with van der Waals surface area (Å²) in [5.74, 6) is 0. The Morgan fingerprint density at radius 1 is 0.250 bits per heavy atom. The minimum Gasteiger partial charge on any atom is -0.396 e. The van der Waals surface area contributed by atoms with Crippen molar-refractivity contribution in [2.24, 2.45) is 0 Å². The fourth-order valence-electron chi connectivity index (χ4n) is 1.33. The predicted octanol–water partition coefficient (Wildman–Crippen LogP) is -2.91. The third-order valence-electron chi connectivity index (χ3n) is 3.29. The van der Waals surface area contributed by atoms with E-state index in [0.717, 1.165) is 57.8 Å². The monoisotopic (exact) mass is 542 g/mol. The van der Waals surface area contributed by atoms with Crippen LogP contribution in [0.5, 0.6) is 0 Å². The van der Waals surface area contributed by atoms with Crippen LogP contribution in [0.1, 0.15) is 64.2 Å². The van der Waals surface area contributed by atoms with Crippen LogP contribution in [0.2, 0.25) is 0 Å². The topological polar surface area (TPSA) is 263 Å². The van der Waals surface area contributed by atoms with E-state index in [0.29, 0.717) is 6.42 Å². The molecule has 0 bridgehead atoms. The molecular weight excluding hydrogens is 484 g/mol. The molecule has 0 aromatic rings. The molecule has 0 aliphatic heterocycles. The second-order valence-electron chi connectivity index (χ2n) is 6.79. The van der Waals surface area contributed by atoms with E-state index in [9.17, 15) is 0 Å². The van der Waals surface area contributed by atoms with Crippen molar-refractivity contribution in [3.63, 3.8) is 0 Å². The number of rotatable bonds is 17. The molecule has 0 spiro atoms. The molecule has 0 saturated carbocycles. The maximum Gasteiger partial charge on any atom is 0.100 e. The van der Waals surface area contributed by atoms with Crippen molar-refractivity contribution in [2.45, 2.75) is 70.3 Å². The van der Waals surface area contributed by atoms with Crippen LogP contribution in [0.15, 0.2) is 0 Å². The van der Waals surface area contributed by atoms with Crippen molar-refractivity contribution in [1.82, 2.24) is 0 Å². The molecular formula is C23H58O13. The van der Waals surface area contributed by atoms with Gasteiger partial charge in [-0.1, -0.05) is 12.8 Å². The van der Waals surface area contributed by atoms with Crippen LogP contribution in [0.3, 0.4) is 0 Å². The number of aliphatic hydroxyl groups is 13. The average molecular weight is 543 g/mol. The van der Waals surface area contributed by atoms with Crippen LogP contribution in [-0.4, -0.2) is 152 Å². The summed E-state index contributed by atoms with van der Waals surface area (Å²) in [4.78, 5) is 0. The fourth-order valence-corrected chi connectivity index (χ4v) is 1.33. The first-order valence-electron chi connectivity index (χ1n) is 12.4. The first-order valence-corrected chi connectivity index (χ1v) is 12.4. The standard InChI is InChI=1S/C6H14O2.C5H12O2.C4H10O2.C3H8O3.C3H8O2.C2H6O2/c7-5-3-1-2-4-6-8;6-4-2-1-3-5-7;5-3-1-2-4-6;4-1-3(6)2-5;4-2-1-3-5;3-1-2-4/h7-8H,1-6H2;6-7H,1-5H2;5-6H,1-4H2;3-6H,1-2H2;4-5H,1-3H2;3-4H,1-2H2. The highest BCUT2D eigenvalue weighted by molar-refractivity contribution is 4.44. The van der Waals surface area contributed by atoms with Gasteiger partial charge in [-0.3, -0.25) is 0 Å². The van der Waals surface area contributed by atoms with E-state index in [-0.39, 0.29) is 79.3 Å². The lowest BCUT2D eigenvalue weighted by Crippen LogP contribution is -2.15. The molecule has 13 heteroatoms. The molecule has 0 amide bonds. The predicted molar refractivity (Wildman–Crippen MR) is 137 cm³/mol. The summed E-state index contributed by atoms with van der Waals surface area (Å²) in [5, 5.41) is 104. The summed E-state index contributed by atoms with van der Waals surface area (Å²) >= 11 is 0. The average Bonchev–Trinajstić information content (AvgIpc) is 2.92. The second-order valence-corrected chi connectivity index (χ2v) is 6.79. The maximum absolute atomic E-state index is 8.30. The largest absolute Gasteiger partial charge is 0.396 e. The van der Waals surface area contributed by atoms with Crippen molar-refractivity contribution in [3.8, 4) is 0 Å². The van der Waals surface area contributed by atoms with Crippen molar-refractivity contribution < 1.29 is 66.4 Å². The van der Waals surface area contributed by atoms with Crippen LogP contribution in [0.4, 0.5) is 0 Å². The van der Waals surface area contributed by atoms with E-state index in [2.05, 4.69) is 0 Å². The minimum atomic E-state index is -0.954. The summed E-state index contributed by atoms with van der Waals surface area (Å²) in [5.41, 5.74) is 0. The van der Waals surface area contributed by atoms with Gasteiger partial charge in [0, 0.05) is 52.9 Å². The summed E-state index contributed by atoms with van der Waals surface area (Å²) in [6.07, 6.45) is 7.39. The van der Waals surface area contributed by atoms with E-state index in [1.807, 2.05) is 0 Å². The number of aliphatic hydroxyl groups excluding tert-OH is 13. The highest BCUT2D eigenvalue weighted by atomic mass is 16.3. The Morgan fingerprint density at radius 3 is 0.556 bits per heavy atom. The molecule has 0 atom stereocenters. The zero-order valence-corrected chi connectivity index (χ0v) is 21.9. The summed E-state index contributed by atoms with van der Waals surface area (Å²) in [6.45, 7) is 0.665. The van der Waals surface area contributed by atoms with Crippen LogP contribution < -0.4 is 0 Å². The normalized spacial score (nSPS) is 9.17. The van der Waals surface area contributed by atoms with Gasteiger partial charge in [-0.2, -0.15) is 0 Å². The van der Waals surface area contributed by atoms with Gasteiger partial charge in [-0.25, -0.2) is 0 Å². The van der Waals surface area contributed by atoms with E-state index in [1.165, 1.54) is 0 Å². The second kappa shape index (κ2) is 64.5. The lowest BCUT2D eigenvalue weighted by Gasteiger charge is -1.96. The molecule has 0 aromatic heterocycles. The molecule has 228 valence electrons. The Bertz CT molecular complexity index is 244. The van der Waals surface area contributed by atoms with Gasteiger partial charge >= 0.3 is 0 Å². The minimum absolute atomic E-state index is 0.0938. The smallest absolute Gasteiger partial charge is 0.100 e. The summed E-state index contributed by atoms with van der Waals surface area (Å²) in [6, 6.07) is 0. The molecule has 0 radical (unpaired) electrons. The summed E-state index contributed by atoms with van der Waals surface area (Å²) in [7, 11) is 0. The van der Waals surface area contributed by atoms with Crippen molar-refractivity contribution in [3.05, 3.63) is 0 Å². The molecule has 0 saturated heterocycles. The van der Waals surface area contributed by atoms with Gasteiger partial charge in [0.25, 0.3) is 0 Å². The van der Waals surface area contributed by atoms with Crippen LogP contribution in [0.25, 0.3) is 0 Å². The van der Waals surface area contributed by atoms with Gasteiger partial charge in [-0.05, 0) is 51.4 Å². The van der Waals surface area contributed by atoms with Crippen LogP contribution in [0, 0.1) is 0 Å². The third kappa shape index (κ3) is 103. The molecule has 0 aromatic carbocycles. The van der Waals surface area contributed by atoms with Crippen molar-refractivity contribution in [1.29, 1.82) is 0 Å². The van der Waals surface area contributed by atoms with Crippen LogP contribution >= 0.6 is 0 Å². The lowest BCUT2D eigenvalue weighted by molar-refractivity contribution is 0.0450. The highest BCUT2D eigenvalue weighted by Crippen LogP contribution is 1.96. The number of hydrogen-bond donors (Lipinski definition) is 13. The lowest BCUT2D eigenvalue weighted by atomic mass is 10.2. The Morgan fingerprint density at radius 2 is 0.444 bits per heavy atom. The number of unbranched alkanes of at least 4 members (excludes halogenated alkanes) is 6. The fraction of sp³-hybridized carbons (Fsp3) is 1.00. The van der Waals surface area contributed by atoms with Gasteiger partial charge in [0.2, 0.25) is 0 Å². The quantitative estimate of drug-likeness (QED) is 0.0823. The molecule has 0 heterocycles. The van der Waals surface area contributed by atoms with Gasteiger partial charge in [0.15, 0.2) is 0 Å².